The summed E-state index contributed by atoms with van der Waals surface area (Å²) in [5.74, 6) is 1.18. The number of hydrogen-bond acceptors (Lipinski definition) is 5. The van der Waals surface area contributed by atoms with Crippen LogP contribution in [0.1, 0.15) is 11.1 Å². The zero-order valence-electron chi connectivity index (χ0n) is 12.7. The molecule has 1 aliphatic heterocycles. The number of ether oxygens (including phenoxy) is 2. The fourth-order valence-electron chi connectivity index (χ4n) is 2.15. The van der Waals surface area contributed by atoms with Crippen LogP contribution in [0, 0.1) is 6.92 Å². The molecule has 0 saturated heterocycles. The molecule has 0 radical (unpaired) electrons. The summed E-state index contributed by atoms with van der Waals surface area (Å²) in [4.78, 5) is 11.7. The molecule has 1 heterocycles. The maximum absolute atomic E-state index is 11.7. The number of aryl methyl sites for hydroxylation is 1. The van der Waals surface area contributed by atoms with Crippen LogP contribution in [0.25, 0.3) is 0 Å². The molecule has 1 aliphatic rings. The molecule has 23 heavy (non-hydrogen) atoms. The van der Waals surface area contributed by atoms with Gasteiger partial charge in [-0.3, -0.25) is 4.79 Å². The zero-order chi connectivity index (χ0) is 16.1. The maximum Gasteiger partial charge on any atom is 0.259 e. The van der Waals surface area contributed by atoms with Gasteiger partial charge in [0.1, 0.15) is 0 Å². The quantitative estimate of drug-likeness (QED) is 0.656. The van der Waals surface area contributed by atoms with E-state index >= 15 is 0 Å². The predicted molar refractivity (Wildman–Crippen MR) is 88.0 cm³/mol. The fraction of sp³-hybridized carbons (Fsp3) is 0.176. The average Bonchev–Trinajstić information content (AvgIpc) is 3.01. The second-order valence-corrected chi connectivity index (χ2v) is 5.13. The van der Waals surface area contributed by atoms with Gasteiger partial charge in [0.15, 0.2) is 11.5 Å². The highest BCUT2D eigenvalue weighted by Gasteiger charge is 2.12. The molecule has 0 atom stereocenters. The summed E-state index contributed by atoms with van der Waals surface area (Å²) in [5, 5.41) is 6.98. The first-order chi connectivity index (χ1) is 11.2. The van der Waals surface area contributed by atoms with Crippen molar-refractivity contribution < 1.29 is 14.3 Å². The van der Waals surface area contributed by atoms with Gasteiger partial charge in [0.05, 0.1) is 12.8 Å². The molecule has 2 aromatic carbocycles. The lowest BCUT2D eigenvalue weighted by Crippen LogP contribution is -2.25. The minimum Gasteiger partial charge on any atom is -0.454 e. The van der Waals surface area contributed by atoms with Crippen LogP contribution in [0.4, 0.5) is 5.69 Å². The first-order valence-electron chi connectivity index (χ1n) is 7.23. The summed E-state index contributed by atoms with van der Waals surface area (Å²) < 4.78 is 10.5. The van der Waals surface area contributed by atoms with Gasteiger partial charge >= 0.3 is 0 Å². The van der Waals surface area contributed by atoms with E-state index in [2.05, 4.69) is 15.8 Å². The first-order valence-corrected chi connectivity index (χ1v) is 7.23. The molecule has 6 heteroatoms. The van der Waals surface area contributed by atoms with E-state index < -0.39 is 0 Å². The Balaban J connectivity index is 1.48. The zero-order valence-corrected chi connectivity index (χ0v) is 12.7. The van der Waals surface area contributed by atoms with E-state index in [1.54, 1.807) is 6.21 Å². The predicted octanol–water partition coefficient (Wildman–Crippen LogP) is 2.29. The first kappa shape index (κ1) is 14.9. The number of hydrazone groups is 1. The Morgan fingerprint density at radius 1 is 1.22 bits per heavy atom. The molecular weight excluding hydrogens is 294 g/mol. The van der Waals surface area contributed by atoms with E-state index in [0.717, 1.165) is 16.8 Å². The van der Waals surface area contributed by atoms with Gasteiger partial charge in [-0.05, 0) is 48.4 Å². The normalized spacial score (nSPS) is 12.4. The number of rotatable bonds is 5. The topological polar surface area (TPSA) is 72.0 Å². The van der Waals surface area contributed by atoms with Crippen LogP contribution < -0.4 is 20.2 Å². The number of carbonyl (C=O) groups is 1. The number of benzene rings is 2. The van der Waals surface area contributed by atoms with Gasteiger partial charge in [-0.1, -0.05) is 12.1 Å². The molecule has 0 bridgehead atoms. The summed E-state index contributed by atoms with van der Waals surface area (Å²) in [6, 6.07) is 13.3. The summed E-state index contributed by atoms with van der Waals surface area (Å²) in [7, 11) is 0. The van der Waals surface area contributed by atoms with E-state index in [1.807, 2.05) is 49.4 Å². The Morgan fingerprint density at radius 2 is 2.09 bits per heavy atom. The summed E-state index contributed by atoms with van der Waals surface area (Å²) in [5.41, 5.74) is 5.34. The van der Waals surface area contributed by atoms with Crippen LogP contribution in [-0.2, 0) is 4.79 Å². The third-order valence-corrected chi connectivity index (χ3v) is 3.27. The Morgan fingerprint density at radius 3 is 2.96 bits per heavy atom. The maximum atomic E-state index is 11.7. The monoisotopic (exact) mass is 311 g/mol. The summed E-state index contributed by atoms with van der Waals surface area (Å²) in [6.07, 6.45) is 1.56. The molecule has 0 unspecified atom stereocenters. The lowest BCUT2D eigenvalue weighted by Gasteiger charge is -2.05. The standard InChI is InChI=1S/C17H17N3O3/c1-12-3-2-4-14(7-12)18-10-17(21)20-19-9-13-5-6-15-16(8-13)23-11-22-15/h2-9,18H,10-11H2,1H3,(H,20,21)/b19-9-. The van der Waals surface area contributed by atoms with Crippen LogP contribution in [0.2, 0.25) is 0 Å². The molecule has 3 rings (SSSR count). The summed E-state index contributed by atoms with van der Waals surface area (Å²) >= 11 is 0. The van der Waals surface area contributed by atoms with Gasteiger partial charge in [-0.2, -0.15) is 5.10 Å². The molecule has 0 aliphatic carbocycles. The van der Waals surface area contributed by atoms with Crippen LogP contribution in [0.15, 0.2) is 47.6 Å². The van der Waals surface area contributed by atoms with Crippen molar-refractivity contribution in [3.63, 3.8) is 0 Å². The van der Waals surface area contributed by atoms with Crippen molar-refractivity contribution >= 4 is 17.8 Å². The molecule has 6 nitrogen and oxygen atoms in total. The molecule has 0 aromatic heterocycles. The Labute approximate surface area is 134 Å². The molecule has 118 valence electrons. The van der Waals surface area contributed by atoms with Crippen LogP contribution in [0.3, 0.4) is 0 Å². The van der Waals surface area contributed by atoms with Crippen molar-refractivity contribution in [2.24, 2.45) is 5.10 Å². The Kier molecular flexibility index (Phi) is 4.42. The second-order valence-electron chi connectivity index (χ2n) is 5.13. The van der Waals surface area contributed by atoms with E-state index in [9.17, 15) is 4.79 Å². The van der Waals surface area contributed by atoms with Crippen molar-refractivity contribution in [1.82, 2.24) is 5.43 Å². The number of nitrogens with zero attached hydrogens (tertiary/aromatic N) is 1. The molecular formula is C17H17N3O3. The van der Waals surface area contributed by atoms with E-state index in [4.69, 9.17) is 9.47 Å². The number of anilines is 1. The molecule has 0 spiro atoms. The number of hydrogen-bond donors (Lipinski definition) is 2. The summed E-state index contributed by atoms with van der Waals surface area (Å²) in [6.45, 7) is 2.39. The highest BCUT2D eigenvalue weighted by atomic mass is 16.7. The number of amides is 1. The van der Waals surface area contributed by atoms with E-state index in [1.165, 1.54) is 0 Å². The number of carbonyl (C=O) groups excluding carboxylic acids is 1. The molecule has 0 fully saturated rings. The smallest absolute Gasteiger partial charge is 0.259 e. The lowest BCUT2D eigenvalue weighted by molar-refractivity contribution is -0.119. The van der Waals surface area contributed by atoms with Gasteiger partial charge in [-0.25, -0.2) is 5.43 Å². The van der Waals surface area contributed by atoms with Gasteiger partial charge < -0.3 is 14.8 Å². The average molecular weight is 311 g/mol. The third kappa shape index (κ3) is 4.00. The van der Waals surface area contributed by atoms with Crippen molar-refractivity contribution in [3.8, 4) is 11.5 Å². The second kappa shape index (κ2) is 6.83. The number of fused-ring (bicyclic) bond motifs is 1. The molecule has 2 N–H and O–H groups in total. The van der Waals surface area contributed by atoms with Gasteiger partial charge in [0.2, 0.25) is 6.79 Å². The molecule has 0 saturated carbocycles. The largest absolute Gasteiger partial charge is 0.454 e. The minimum atomic E-state index is -0.219. The highest BCUT2D eigenvalue weighted by molar-refractivity contribution is 5.84. The Hall–Kier alpha value is -3.02. The van der Waals surface area contributed by atoms with Gasteiger partial charge in [0.25, 0.3) is 5.91 Å². The van der Waals surface area contributed by atoms with Gasteiger partial charge in [0, 0.05) is 5.69 Å². The number of nitrogens with one attached hydrogen (secondary N) is 2. The molecule has 2 aromatic rings. The van der Waals surface area contributed by atoms with Crippen LogP contribution in [-0.4, -0.2) is 25.5 Å². The SMILES string of the molecule is Cc1cccc(NCC(=O)N/N=C\c2ccc3c(c2)OCO3)c1. The van der Waals surface area contributed by atoms with Gasteiger partial charge in [-0.15, -0.1) is 0 Å². The van der Waals surface area contributed by atoms with E-state index in [-0.39, 0.29) is 19.2 Å². The van der Waals surface area contributed by atoms with Crippen molar-refractivity contribution in [2.75, 3.05) is 18.7 Å². The van der Waals surface area contributed by atoms with Crippen LogP contribution >= 0.6 is 0 Å². The van der Waals surface area contributed by atoms with E-state index in [0.29, 0.717) is 11.5 Å². The lowest BCUT2D eigenvalue weighted by atomic mass is 10.2. The highest BCUT2D eigenvalue weighted by Crippen LogP contribution is 2.31. The van der Waals surface area contributed by atoms with Crippen LogP contribution in [0.5, 0.6) is 11.5 Å². The molecule has 1 amide bonds. The minimum absolute atomic E-state index is 0.155. The van der Waals surface area contributed by atoms with Crippen molar-refractivity contribution in [2.45, 2.75) is 6.92 Å². The van der Waals surface area contributed by atoms with Crippen molar-refractivity contribution in [1.29, 1.82) is 0 Å². The van der Waals surface area contributed by atoms with Crippen molar-refractivity contribution in [3.05, 3.63) is 53.6 Å². The fourth-order valence-corrected chi connectivity index (χ4v) is 2.15. The third-order valence-electron chi connectivity index (χ3n) is 3.27. The Bertz CT molecular complexity index is 744.